The van der Waals surface area contributed by atoms with Crippen molar-refractivity contribution in [1.82, 2.24) is 9.19 Å². The van der Waals surface area contributed by atoms with Gasteiger partial charge in [-0.2, -0.15) is 21.6 Å². The van der Waals surface area contributed by atoms with Gasteiger partial charge in [-0.05, 0) is 36.4 Å². The molecule has 31 heavy (non-hydrogen) atoms. The molecule has 0 saturated carbocycles. The molecule has 0 bridgehead atoms. The number of ether oxygens (including phenoxy) is 1. The number of alkyl halides is 3. The first-order chi connectivity index (χ1) is 14.4. The molecule has 0 aliphatic rings. The van der Waals surface area contributed by atoms with E-state index in [1.54, 1.807) is 0 Å². The van der Waals surface area contributed by atoms with Gasteiger partial charge >= 0.3 is 12.1 Å². The van der Waals surface area contributed by atoms with Crippen molar-refractivity contribution in [3.8, 4) is 5.88 Å². The summed E-state index contributed by atoms with van der Waals surface area (Å²) in [4.78, 5) is 21.6. The number of halogens is 3. The van der Waals surface area contributed by atoms with E-state index in [4.69, 9.17) is 10.5 Å². The second-order valence-corrected chi connectivity index (χ2v) is 7.74. The minimum absolute atomic E-state index is 0.0793. The van der Waals surface area contributed by atoms with E-state index in [-0.39, 0.29) is 11.3 Å². The number of nitro groups is 1. The first kappa shape index (κ1) is 21.8. The third-order valence-corrected chi connectivity index (χ3v) is 5.52. The molecule has 10 nitrogen and oxygen atoms in total. The lowest BCUT2D eigenvalue weighted by molar-refractivity contribution is -0.384. The largest absolute Gasteiger partial charge is 0.416 e. The molecular formula is C17H11F3N4O6S. The van der Waals surface area contributed by atoms with E-state index in [1.165, 1.54) is 0 Å². The molecule has 1 heterocycles. The summed E-state index contributed by atoms with van der Waals surface area (Å²) in [7, 11) is -4.48. The zero-order valence-electron chi connectivity index (χ0n) is 15.1. The number of carbonyl (C=O) groups excluding carboxylic acids is 1. The number of nitrogen functional groups attached to an aromatic ring is 1. The number of carbonyl (C=O) groups is 1. The normalized spacial score (nSPS) is 11.8. The molecule has 2 aromatic carbocycles. The van der Waals surface area contributed by atoms with Crippen LogP contribution in [0.3, 0.4) is 0 Å². The van der Waals surface area contributed by atoms with Gasteiger partial charge in [-0.3, -0.25) is 10.1 Å². The molecule has 162 valence electrons. The highest BCUT2D eigenvalue weighted by Gasteiger charge is 2.31. The number of anilines is 1. The number of hydrogen-bond acceptors (Lipinski definition) is 8. The summed E-state index contributed by atoms with van der Waals surface area (Å²) in [5.74, 6) is -1.96. The SMILES string of the molecule is Nc1cc(OC(=O)c2ccc([N+](=O)[O-])cc2)nn1S(=O)(=O)c1ccc(C(F)(F)F)cc1. The number of nitro benzene ring substituents is 1. The summed E-state index contributed by atoms with van der Waals surface area (Å²) >= 11 is 0. The van der Waals surface area contributed by atoms with E-state index in [0.29, 0.717) is 16.2 Å². The number of esters is 1. The minimum atomic E-state index is -4.65. The molecule has 14 heteroatoms. The summed E-state index contributed by atoms with van der Waals surface area (Å²) < 4.78 is 68.4. The van der Waals surface area contributed by atoms with Crippen molar-refractivity contribution in [3.05, 3.63) is 75.8 Å². The van der Waals surface area contributed by atoms with Crippen molar-refractivity contribution in [2.75, 3.05) is 5.73 Å². The van der Waals surface area contributed by atoms with Crippen LogP contribution in [0.1, 0.15) is 15.9 Å². The molecule has 0 aliphatic carbocycles. The van der Waals surface area contributed by atoms with Crippen LogP contribution < -0.4 is 10.5 Å². The third kappa shape index (κ3) is 4.48. The molecular weight excluding hydrogens is 445 g/mol. The average Bonchev–Trinajstić information content (AvgIpc) is 3.08. The Balaban J connectivity index is 1.84. The number of hydrogen-bond donors (Lipinski definition) is 1. The zero-order valence-corrected chi connectivity index (χ0v) is 15.9. The number of nitrogens with two attached hydrogens (primary N) is 1. The fourth-order valence-electron chi connectivity index (χ4n) is 2.39. The van der Waals surface area contributed by atoms with E-state index >= 15 is 0 Å². The molecule has 0 amide bonds. The summed E-state index contributed by atoms with van der Waals surface area (Å²) in [5, 5.41) is 14.2. The molecule has 0 spiro atoms. The lowest BCUT2D eigenvalue weighted by atomic mass is 10.2. The van der Waals surface area contributed by atoms with Gasteiger partial charge in [0.2, 0.25) is 5.88 Å². The molecule has 0 fully saturated rings. The molecule has 0 aliphatic heterocycles. The average molecular weight is 456 g/mol. The molecule has 0 unspecified atom stereocenters. The summed E-state index contributed by atoms with van der Waals surface area (Å²) in [6.07, 6.45) is -4.65. The molecule has 0 atom stereocenters. The smallest absolute Gasteiger partial charge is 0.402 e. The van der Waals surface area contributed by atoms with Gasteiger partial charge in [-0.1, -0.05) is 0 Å². The molecule has 0 radical (unpaired) electrons. The number of benzene rings is 2. The van der Waals surface area contributed by atoms with Crippen LogP contribution in [0.25, 0.3) is 0 Å². The lowest BCUT2D eigenvalue weighted by Gasteiger charge is -2.09. The Morgan fingerprint density at radius 1 is 1.10 bits per heavy atom. The third-order valence-electron chi connectivity index (χ3n) is 3.90. The zero-order chi connectivity index (χ0) is 23.0. The number of rotatable bonds is 5. The van der Waals surface area contributed by atoms with Crippen LogP contribution >= 0.6 is 0 Å². The van der Waals surface area contributed by atoms with Crippen molar-refractivity contribution < 1.29 is 36.0 Å². The topological polar surface area (TPSA) is 147 Å². The predicted octanol–water partition coefficient (Wildman–Crippen LogP) is 2.85. The number of aromatic nitrogens is 2. The van der Waals surface area contributed by atoms with Crippen LogP contribution in [0.5, 0.6) is 5.88 Å². The van der Waals surface area contributed by atoms with Crippen molar-refractivity contribution in [3.63, 3.8) is 0 Å². The predicted molar refractivity (Wildman–Crippen MR) is 98.7 cm³/mol. The standard InChI is InChI=1S/C17H11F3N4O6S/c18-17(19,20)11-3-7-13(8-4-11)31(28,29)23-14(21)9-15(22-23)30-16(25)10-1-5-12(6-2-10)24(26)27/h1-9H,21H2. The van der Waals surface area contributed by atoms with Crippen LogP contribution in [0, 0.1) is 10.1 Å². The summed E-state index contributed by atoms with van der Waals surface area (Å²) in [5.41, 5.74) is 4.23. The van der Waals surface area contributed by atoms with Gasteiger partial charge in [0.25, 0.3) is 15.7 Å². The van der Waals surface area contributed by atoms with Crippen LogP contribution in [-0.2, 0) is 16.2 Å². The lowest BCUT2D eigenvalue weighted by Crippen LogP contribution is -2.17. The summed E-state index contributed by atoms with van der Waals surface area (Å²) in [6, 6.07) is 7.95. The van der Waals surface area contributed by atoms with Crippen LogP contribution in [0.4, 0.5) is 24.7 Å². The monoisotopic (exact) mass is 456 g/mol. The van der Waals surface area contributed by atoms with Crippen molar-refractivity contribution >= 4 is 27.5 Å². The van der Waals surface area contributed by atoms with Gasteiger partial charge in [-0.25, -0.2) is 4.79 Å². The first-order valence-corrected chi connectivity index (χ1v) is 9.58. The Morgan fingerprint density at radius 2 is 1.68 bits per heavy atom. The highest BCUT2D eigenvalue weighted by molar-refractivity contribution is 7.90. The Morgan fingerprint density at radius 3 is 2.19 bits per heavy atom. The number of nitrogens with zero attached hydrogens (tertiary/aromatic N) is 3. The molecule has 1 aromatic heterocycles. The van der Waals surface area contributed by atoms with E-state index in [9.17, 15) is 36.5 Å². The highest BCUT2D eigenvalue weighted by Crippen LogP contribution is 2.30. The Kier molecular flexibility index (Phi) is 5.42. The van der Waals surface area contributed by atoms with Gasteiger partial charge < -0.3 is 10.5 Å². The quantitative estimate of drug-likeness (QED) is 0.350. The fraction of sp³-hybridized carbons (Fsp3) is 0.0588. The maximum Gasteiger partial charge on any atom is 0.416 e. The van der Waals surface area contributed by atoms with Gasteiger partial charge in [0.1, 0.15) is 5.82 Å². The highest BCUT2D eigenvalue weighted by atomic mass is 32.2. The van der Waals surface area contributed by atoms with Gasteiger partial charge in [0.15, 0.2) is 0 Å². The van der Waals surface area contributed by atoms with E-state index in [2.05, 4.69) is 5.10 Å². The van der Waals surface area contributed by atoms with E-state index in [1.807, 2.05) is 0 Å². The van der Waals surface area contributed by atoms with Crippen molar-refractivity contribution in [2.45, 2.75) is 11.1 Å². The summed E-state index contributed by atoms with van der Waals surface area (Å²) in [6.45, 7) is 0. The van der Waals surface area contributed by atoms with Crippen LogP contribution in [0.2, 0.25) is 0 Å². The maximum absolute atomic E-state index is 12.7. The minimum Gasteiger partial charge on any atom is -0.402 e. The Labute approximate surface area is 171 Å². The van der Waals surface area contributed by atoms with Crippen molar-refractivity contribution in [1.29, 1.82) is 0 Å². The first-order valence-electron chi connectivity index (χ1n) is 8.14. The number of non-ortho nitro benzene ring substituents is 1. The maximum atomic E-state index is 12.7. The molecule has 0 saturated heterocycles. The van der Waals surface area contributed by atoms with Crippen LogP contribution in [-0.4, -0.2) is 28.5 Å². The second-order valence-electron chi connectivity index (χ2n) is 5.97. The molecule has 2 N–H and O–H groups in total. The van der Waals surface area contributed by atoms with E-state index < -0.39 is 49.2 Å². The van der Waals surface area contributed by atoms with Crippen molar-refractivity contribution in [2.24, 2.45) is 0 Å². The molecule has 3 aromatic rings. The fourth-order valence-corrected chi connectivity index (χ4v) is 3.59. The van der Waals surface area contributed by atoms with Gasteiger partial charge in [-0.15, -0.1) is 9.19 Å². The Hall–Kier alpha value is -3.94. The molecule has 3 rings (SSSR count). The van der Waals surface area contributed by atoms with E-state index in [0.717, 1.165) is 42.5 Å². The second kappa shape index (κ2) is 7.71. The van der Waals surface area contributed by atoms with Crippen LogP contribution in [0.15, 0.2) is 59.5 Å². The Bertz CT molecular complexity index is 1250. The van der Waals surface area contributed by atoms with Gasteiger partial charge in [0, 0.05) is 18.2 Å². The van der Waals surface area contributed by atoms with Gasteiger partial charge in [0.05, 0.1) is 20.9 Å².